The molecule has 0 saturated heterocycles. The molecule has 0 radical (unpaired) electrons. The van der Waals surface area contributed by atoms with Crippen LogP contribution in [0.1, 0.15) is 61.8 Å². The van der Waals surface area contributed by atoms with Gasteiger partial charge in [0.25, 0.3) is 0 Å². The van der Waals surface area contributed by atoms with Crippen molar-refractivity contribution in [2.24, 2.45) is 0 Å². The number of hydrogen-bond acceptors (Lipinski definition) is 3. The normalized spacial score (nSPS) is 18.2. The van der Waals surface area contributed by atoms with Gasteiger partial charge in [-0.2, -0.15) is 0 Å². The maximum atomic E-state index is 4.48. The molecule has 1 fully saturated rings. The van der Waals surface area contributed by atoms with E-state index in [0.29, 0.717) is 5.92 Å². The molecule has 1 aliphatic rings. The van der Waals surface area contributed by atoms with E-state index in [1.807, 2.05) is 17.5 Å². The van der Waals surface area contributed by atoms with Gasteiger partial charge in [-0.3, -0.25) is 0 Å². The van der Waals surface area contributed by atoms with Crippen LogP contribution in [0.2, 0.25) is 0 Å². The van der Waals surface area contributed by atoms with Gasteiger partial charge in [0.15, 0.2) is 0 Å². The molecule has 1 heterocycles. The molecule has 0 spiro atoms. The average molecular weight is 238 g/mol. The molecule has 1 N–H and O–H groups in total. The SMILES string of the molecule is CC(C)c1cnc(CNC2CCCCC2)s1. The van der Waals surface area contributed by atoms with E-state index in [4.69, 9.17) is 0 Å². The highest BCUT2D eigenvalue weighted by molar-refractivity contribution is 7.11. The smallest absolute Gasteiger partial charge is 0.107 e. The molecule has 0 bridgehead atoms. The highest BCUT2D eigenvalue weighted by Crippen LogP contribution is 2.22. The quantitative estimate of drug-likeness (QED) is 0.865. The number of aromatic nitrogens is 1. The summed E-state index contributed by atoms with van der Waals surface area (Å²) in [5.41, 5.74) is 0. The Kier molecular flexibility index (Phi) is 4.36. The molecule has 1 aliphatic carbocycles. The first kappa shape index (κ1) is 12.1. The second-order valence-electron chi connectivity index (χ2n) is 5.03. The number of nitrogens with one attached hydrogen (secondary N) is 1. The van der Waals surface area contributed by atoms with Crippen LogP contribution in [-0.4, -0.2) is 11.0 Å². The predicted octanol–water partition coefficient (Wildman–Crippen LogP) is 3.69. The molecule has 0 aliphatic heterocycles. The van der Waals surface area contributed by atoms with Gasteiger partial charge in [0, 0.05) is 23.7 Å². The second kappa shape index (κ2) is 5.78. The Morgan fingerprint density at radius 2 is 2.12 bits per heavy atom. The molecular formula is C13H22N2S. The van der Waals surface area contributed by atoms with Crippen molar-refractivity contribution < 1.29 is 0 Å². The lowest BCUT2D eigenvalue weighted by molar-refractivity contribution is 0.372. The van der Waals surface area contributed by atoms with Crippen LogP contribution >= 0.6 is 11.3 Å². The Balaban J connectivity index is 1.79. The van der Waals surface area contributed by atoms with Crippen LogP contribution < -0.4 is 5.32 Å². The summed E-state index contributed by atoms with van der Waals surface area (Å²) in [5.74, 6) is 0.612. The highest BCUT2D eigenvalue weighted by Gasteiger charge is 2.13. The average Bonchev–Trinajstić information content (AvgIpc) is 2.76. The number of rotatable bonds is 4. The van der Waals surface area contributed by atoms with Crippen molar-refractivity contribution in [3.8, 4) is 0 Å². The van der Waals surface area contributed by atoms with Crippen molar-refractivity contribution in [2.75, 3.05) is 0 Å². The lowest BCUT2D eigenvalue weighted by Crippen LogP contribution is -2.30. The molecule has 16 heavy (non-hydrogen) atoms. The first-order valence-electron chi connectivity index (χ1n) is 6.43. The summed E-state index contributed by atoms with van der Waals surface area (Å²) in [6.45, 7) is 5.42. The maximum absolute atomic E-state index is 4.48. The van der Waals surface area contributed by atoms with Crippen molar-refractivity contribution in [3.63, 3.8) is 0 Å². The fourth-order valence-corrected chi connectivity index (χ4v) is 3.09. The first-order chi connectivity index (χ1) is 7.75. The van der Waals surface area contributed by atoms with Crippen LogP contribution in [0.5, 0.6) is 0 Å². The summed E-state index contributed by atoms with van der Waals surface area (Å²) < 4.78 is 0. The Morgan fingerprint density at radius 3 is 2.75 bits per heavy atom. The van der Waals surface area contributed by atoms with Crippen molar-refractivity contribution >= 4 is 11.3 Å². The molecule has 90 valence electrons. The van der Waals surface area contributed by atoms with E-state index in [1.54, 1.807) is 0 Å². The first-order valence-corrected chi connectivity index (χ1v) is 7.25. The molecule has 0 aromatic carbocycles. The molecule has 1 aromatic heterocycles. The summed E-state index contributed by atoms with van der Waals surface area (Å²) in [7, 11) is 0. The van der Waals surface area contributed by atoms with Gasteiger partial charge in [-0.15, -0.1) is 11.3 Å². The van der Waals surface area contributed by atoms with Crippen LogP contribution in [0.15, 0.2) is 6.20 Å². The van der Waals surface area contributed by atoms with Crippen molar-refractivity contribution in [3.05, 3.63) is 16.1 Å². The topological polar surface area (TPSA) is 24.9 Å². The Hall–Kier alpha value is -0.410. The Labute approximate surface area is 102 Å². The fourth-order valence-electron chi connectivity index (χ4n) is 2.21. The van der Waals surface area contributed by atoms with Crippen molar-refractivity contribution in [1.82, 2.24) is 10.3 Å². The van der Waals surface area contributed by atoms with Crippen molar-refractivity contribution in [2.45, 2.75) is 64.5 Å². The van der Waals surface area contributed by atoms with Crippen LogP contribution in [-0.2, 0) is 6.54 Å². The molecule has 0 atom stereocenters. The minimum absolute atomic E-state index is 0.612. The van der Waals surface area contributed by atoms with Crippen LogP contribution in [0.25, 0.3) is 0 Å². The van der Waals surface area contributed by atoms with E-state index in [0.717, 1.165) is 12.6 Å². The fraction of sp³-hybridized carbons (Fsp3) is 0.769. The molecule has 1 saturated carbocycles. The van der Waals surface area contributed by atoms with Gasteiger partial charge >= 0.3 is 0 Å². The van der Waals surface area contributed by atoms with Gasteiger partial charge in [-0.05, 0) is 18.8 Å². The highest BCUT2D eigenvalue weighted by atomic mass is 32.1. The van der Waals surface area contributed by atoms with Crippen molar-refractivity contribution in [1.29, 1.82) is 0 Å². The molecule has 2 rings (SSSR count). The largest absolute Gasteiger partial charge is 0.308 e. The van der Waals surface area contributed by atoms with Gasteiger partial charge in [0.1, 0.15) is 5.01 Å². The van der Waals surface area contributed by atoms with E-state index in [2.05, 4.69) is 24.1 Å². The van der Waals surface area contributed by atoms with E-state index in [9.17, 15) is 0 Å². The zero-order valence-electron chi connectivity index (χ0n) is 10.3. The van der Waals surface area contributed by atoms with Gasteiger partial charge in [0.2, 0.25) is 0 Å². The molecule has 2 nitrogen and oxygen atoms in total. The third-order valence-electron chi connectivity index (χ3n) is 3.29. The van der Waals surface area contributed by atoms with Gasteiger partial charge < -0.3 is 5.32 Å². The molecule has 3 heteroatoms. The van der Waals surface area contributed by atoms with Crippen LogP contribution in [0, 0.1) is 0 Å². The molecular weight excluding hydrogens is 216 g/mol. The number of hydrogen-bond donors (Lipinski definition) is 1. The third-order valence-corrected chi connectivity index (χ3v) is 4.59. The summed E-state index contributed by atoms with van der Waals surface area (Å²) in [6, 6.07) is 0.736. The summed E-state index contributed by atoms with van der Waals surface area (Å²) in [4.78, 5) is 5.88. The number of thiazole rings is 1. The third kappa shape index (κ3) is 3.29. The van der Waals surface area contributed by atoms with Gasteiger partial charge in [0.05, 0.1) is 0 Å². The maximum Gasteiger partial charge on any atom is 0.107 e. The lowest BCUT2D eigenvalue weighted by atomic mass is 9.96. The Bertz CT molecular complexity index is 313. The summed E-state index contributed by atoms with van der Waals surface area (Å²) in [6.07, 6.45) is 8.95. The standard InChI is InChI=1S/C13H22N2S/c1-10(2)12-8-15-13(16-12)9-14-11-6-4-3-5-7-11/h8,10-11,14H,3-7,9H2,1-2H3. The summed E-state index contributed by atoms with van der Waals surface area (Å²) in [5, 5.41) is 4.88. The Morgan fingerprint density at radius 1 is 1.38 bits per heavy atom. The minimum Gasteiger partial charge on any atom is -0.308 e. The zero-order chi connectivity index (χ0) is 11.4. The van der Waals surface area contributed by atoms with E-state index < -0.39 is 0 Å². The summed E-state index contributed by atoms with van der Waals surface area (Å²) >= 11 is 1.86. The molecule has 1 aromatic rings. The van der Waals surface area contributed by atoms with Gasteiger partial charge in [-0.1, -0.05) is 33.1 Å². The number of nitrogens with zero attached hydrogens (tertiary/aromatic N) is 1. The monoisotopic (exact) mass is 238 g/mol. The predicted molar refractivity (Wildman–Crippen MR) is 69.9 cm³/mol. The second-order valence-corrected chi connectivity index (χ2v) is 6.17. The molecule has 0 amide bonds. The van der Waals surface area contributed by atoms with Crippen LogP contribution in [0.3, 0.4) is 0 Å². The van der Waals surface area contributed by atoms with Gasteiger partial charge in [-0.25, -0.2) is 4.98 Å². The van der Waals surface area contributed by atoms with E-state index in [-0.39, 0.29) is 0 Å². The minimum atomic E-state index is 0.612. The lowest BCUT2D eigenvalue weighted by Gasteiger charge is -2.22. The molecule has 0 unspecified atom stereocenters. The van der Waals surface area contributed by atoms with Crippen LogP contribution in [0.4, 0.5) is 0 Å². The van der Waals surface area contributed by atoms with E-state index in [1.165, 1.54) is 42.0 Å². The zero-order valence-corrected chi connectivity index (χ0v) is 11.1. The van der Waals surface area contributed by atoms with E-state index >= 15 is 0 Å².